The second-order valence-electron chi connectivity index (χ2n) is 1.87. The summed E-state index contributed by atoms with van der Waals surface area (Å²) in [5, 5.41) is 0. The van der Waals surface area contributed by atoms with Crippen LogP contribution in [0.2, 0.25) is 0 Å². The Labute approximate surface area is 81.2 Å². The summed E-state index contributed by atoms with van der Waals surface area (Å²) < 4.78 is 4.88. The molecule has 0 saturated heterocycles. The van der Waals surface area contributed by atoms with Gasteiger partial charge >= 0.3 is 18.9 Å². The van der Waals surface area contributed by atoms with E-state index in [-0.39, 0.29) is 18.9 Å². The van der Waals surface area contributed by atoms with Crippen molar-refractivity contribution in [1.82, 2.24) is 15.0 Å². The second-order valence-corrected chi connectivity index (χ2v) is 1.87. The first-order chi connectivity index (χ1) is 5.47. The van der Waals surface area contributed by atoms with Gasteiger partial charge in [-0.2, -0.15) is 0 Å². The van der Waals surface area contributed by atoms with E-state index in [2.05, 4.69) is 21.2 Å². The molecule has 12 heavy (non-hydrogen) atoms. The maximum absolute atomic E-state index is 4.88. The molecule has 2 heterocycles. The third-order valence-corrected chi connectivity index (χ3v) is 1.17. The summed E-state index contributed by atoms with van der Waals surface area (Å²) in [6.07, 6.45) is 8.68. The van der Waals surface area contributed by atoms with Crippen molar-refractivity contribution in [3.8, 4) is 11.6 Å². The number of hydrogen-bond donors (Lipinski definition) is 0. The molecule has 2 rings (SSSR count). The van der Waals surface area contributed by atoms with E-state index in [1.165, 1.54) is 6.20 Å². The largest absolute Gasteiger partial charge is 1.00 e. The molecule has 0 spiro atoms. The minimum absolute atomic E-state index is 0. The fraction of sp³-hybridized carbons (Fsp3) is 0. The van der Waals surface area contributed by atoms with E-state index >= 15 is 0 Å². The summed E-state index contributed by atoms with van der Waals surface area (Å²) in [4.78, 5) is 11.7. The van der Waals surface area contributed by atoms with E-state index in [9.17, 15) is 0 Å². The molecule has 2 aromatic rings. The van der Waals surface area contributed by atoms with Crippen molar-refractivity contribution in [2.75, 3.05) is 0 Å². The zero-order valence-electron chi connectivity index (χ0n) is 6.56. The monoisotopic (exact) mass is 153 g/mol. The van der Waals surface area contributed by atoms with Gasteiger partial charge in [-0.3, -0.25) is 9.97 Å². The zero-order valence-corrected chi connectivity index (χ0v) is 6.56. The summed E-state index contributed by atoms with van der Waals surface area (Å²) >= 11 is 0. The molecule has 0 N–H and O–H groups in total. The number of nitrogens with zero attached hydrogens (tertiary/aromatic N) is 3. The van der Waals surface area contributed by atoms with Crippen LogP contribution in [0.3, 0.4) is 0 Å². The van der Waals surface area contributed by atoms with Gasteiger partial charge in [0, 0.05) is 18.6 Å². The van der Waals surface area contributed by atoms with Crippen LogP contribution in [0.1, 0.15) is 0 Å². The molecule has 0 aliphatic heterocycles. The Kier molecular flexibility index (Phi) is 3.03. The molecule has 0 aromatic carbocycles. The Balaban J connectivity index is 0.000000720. The van der Waals surface area contributed by atoms with Crippen LogP contribution in [0, 0.1) is 6.26 Å². The number of rotatable bonds is 1. The maximum Gasteiger partial charge on any atom is 1.00 e. The first-order valence-corrected chi connectivity index (χ1v) is 3.05. The van der Waals surface area contributed by atoms with Gasteiger partial charge in [-0.1, -0.05) is 6.26 Å². The fourth-order valence-electron chi connectivity index (χ4n) is 0.721. The van der Waals surface area contributed by atoms with Crippen molar-refractivity contribution in [3.05, 3.63) is 31.1 Å². The van der Waals surface area contributed by atoms with Gasteiger partial charge in [0.05, 0.1) is 11.6 Å². The average Bonchev–Trinajstić information content (AvgIpc) is 2.58. The van der Waals surface area contributed by atoms with Gasteiger partial charge in [0.1, 0.15) is 0 Å². The van der Waals surface area contributed by atoms with Gasteiger partial charge in [0.15, 0.2) is 0 Å². The van der Waals surface area contributed by atoms with Crippen LogP contribution in [0.15, 0.2) is 29.2 Å². The van der Waals surface area contributed by atoms with Crippen molar-refractivity contribution in [2.45, 2.75) is 0 Å². The van der Waals surface area contributed by atoms with Gasteiger partial charge in [0.2, 0.25) is 0 Å². The van der Waals surface area contributed by atoms with Crippen molar-refractivity contribution >= 4 is 0 Å². The smallest absolute Gasteiger partial charge is 0.626 e. The third-order valence-electron chi connectivity index (χ3n) is 1.17. The van der Waals surface area contributed by atoms with E-state index in [1.807, 2.05) is 0 Å². The van der Waals surface area contributed by atoms with Crippen molar-refractivity contribution < 1.29 is 23.3 Å². The molecule has 5 heteroatoms. The van der Waals surface area contributed by atoms with Crippen LogP contribution in [-0.4, -0.2) is 15.0 Å². The summed E-state index contributed by atoms with van der Waals surface area (Å²) in [5.74, 6) is 0.443. The molecule has 0 aliphatic rings. The molecular formula is C7H4LiN3O. The molecule has 0 unspecified atom stereocenters. The van der Waals surface area contributed by atoms with Gasteiger partial charge in [-0.15, -0.1) is 0 Å². The van der Waals surface area contributed by atoms with Gasteiger partial charge in [-0.05, 0) is 6.20 Å². The molecule has 0 aliphatic carbocycles. The summed E-state index contributed by atoms with van der Waals surface area (Å²) in [5.41, 5.74) is 0.619. The average molecular weight is 153 g/mol. The van der Waals surface area contributed by atoms with E-state index in [0.29, 0.717) is 11.6 Å². The standard InChI is InChI=1S/C7H4N3O.Li/c1-2-9-6(5-8-1)7-10-3-4-11-7;/h1-3,5H;/q-1;+1. The Morgan fingerprint density at radius 2 is 2.17 bits per heavy atom. The predicted octanol–water partition coefficient (Wildman–Crippen LogP) is -2.06. The normalized spacial score (nSPS) is 9.00. The number of aromatic nitrogens is 3. The van der Waals surface area contributed by atoms with Gasteiger partial charge in [-0.25, -0.2) is 0 Å². The van der Waals surface area contributed by atoms with Gasteiger partial charge < -0.3 is 9.40 Å². The minimum atomic E-state index is 0. The molecule has 4 nitrogen and oxygen atoms in total. The Morgan fingerprint density at radius 1 is 1.25 bits per heavy atom. The molecule has 0 atom stereocenters. The van der Waals surface area contributed by atoms with E-state index in [1.54, 1.807) is 18.6 Å². The van der Waals surface area contributed by atoms with E-state index < -0.39 is 0 Å². The fourth-order valence-corrected chi connectivity index (χ4v) is 0.721. The Bertz CT molecular complexity index is 322. The molecule has 0 fully saturated rings. The number of hydrogen-bond acceptors (Lipinski definition) is 4. The molecule has 54 valence electrons. The quantitative estimate of drug-likeness (QED) is 0.349. The first kappa shape index (κ1) is 8.98. The summed E-state index contributed by atoms with van der Waals surface area (Å²) in [7, 11) is 0. The van der Waals surface area contributed by atoms with E-state index in [0.717, 1.165) is 0 Å². The van der Waals surface area contributed by atoms with Crippen LogP contribution in [0.4, 0.5) is 0 Å². The second kappa shape index (κ2) is 4.05. The Hall–Kier alpha value is -1.11. The molecule has 0 amide bonds. The summed E-state index contributed by atoms with van der Waals surface area (Å²) in [6, 6.07) is 0. The molecule has 0 bridgehead atoms. The van der Waals surface area contributed by atoms with Crippen LogP contribution >= 0.6 is 0 Å². The third kappa shape index (κ3) is 1.73. The zero-order chi connectivity index (χ0) is 7.52. The van der Waals surface area contributed by atoms with Crippen molar-refractivity contribution in [1.29, 1.82) is 0 Å². The topological polar surface area (TPSA) is 51.8 Å². The van der Waals surface area contributed by atoms with Crippen LogP contribution < -0.4 is 18.9 Å². The first-order valence-electron chi connectivity index (χ1n) is 3.05. The van der Waals surface area contributed by atoms with Crippen molar-refractivity contribution in [2.24, 2.45) is 0 Å². The maximum atomic E-state index is 4.88. The van der Waals surface area contributed by atoms with Crippen LogP contribution in [0.25, 0.3) is 11.6 Å². The SMILES string of the molecule is [Li+].[c-]1cnc(-c2cnccn2)o1. The molecule has 2 aromatic heterocycles. The molecule has 0 radical (unpaired) electrons. The minimum Gasteiger partial charge on any atom is -0.626 e. The van der Waals surface area contributed by atoms with Gasteiger partial charge in [0.25, 0.3) is 0 Å². The van der Waals surface area contributed by atoms with E-state index in [4.69, 9.17) is 4.42 Å². The van der Waals surface area contributed by atoms with Crippen molar-refractivity contribution in [3.63, 3.8) is 0 Å². The molecular weight excluding hydrogens is 149 g/mol. The van der Waals surface area contributed by atoms with Crippen LogP contribution in [0.5, 0.6) is 0 Å². The molecule has 0 saturated carbocycles. The predicted molar refractivity (Wildman–Crippen MR) is 36.4 cm³/mol. The van der Waals surface area contributed by atoms with Crippen LogP contribution in [-0.2, 0) is 0 Å². The Morgan fingerprint density at radius 3 is 2.75 bits per heavy atom. The summed E-state index contributed by atoms with van der Waals surface area (Å²) in [6.45, 7) is 0. The number of oxazole rings is 1.